The summed E-state index contributed by atoms with van der Waals surface area (Å²) in [5.41, 5.74) is 2.22. The van der Waals surface area contributed by atoms with Crippen molar-refractivity contribution in [2.75, 3.05) is 16.3 Å². The highest BCUT2D eigenvalue weighted by atomic mass is 16.2. The SMILES string of the molecule is Cc1ncc(C2=CCC3C(=C2)N(c2cncc(N4CCCC4=O)n2)C(=O)C3(C)C)cn1. The van der Waals surface area contributed by atoms with Gasteiger partial charge in [-0.3, -0.25) is 24.4 Å². The highest BCUT2D eigenvalue weighted by Gasteiger charge is 2.52. The number of carbonyl (C=O) groups excluding carboxylic acids is 2. The number of allylic oxidation sites excluding steroid dienone is 4. The zero-order valence-corrected chi connectivity index (χ0v) is 17.9. The van der Waals surface area contributed by atoms with Crippen molar-refractivity contribution in [2.45, 2.75) is 40.0 Å². The third-order valence-corrected chi connectivity index (χ3v) is 6.42. The average Bonchev–Trinajstić information content (AvgIpc) is 3.27. The van der Waals surface area contributed by atoms with Gasteiger partial charge in [-0.15, -0.1) is 0 Å². The predicted molar refractivity (Wildman–Crippen MR) is 116 cm³/mol. The van der Waals surface area contributed by atoms with E-state index in [9.17, 15) is 9.59 Å². The smallest absolute Gasteiger partial charge is 0.238 e. The molecule has 0 saturated carbocycles. The first-order valence-corrected chi connectivity index (χ1v) is 10.5. The van der Waals surface area contributed by atoms with Gasteiger partial charge in [-0.2, -0.15) is 0 Å². The van der Waals surface area contributed by atoms with Crippen molar-refractivity contribution in [3.8, 4) is 0 Å². The van der Waals surface area contributed by atoms with E-state index in [1.165, 1.54) is 0 Å². The van der Waals surface area contributed by atoms with Crippen molar-refractivity contribution >= 4 is 29.0 Å². The molecule has 1 unspecified atom stereocenters. The minimum atomic E-state index is -0.571. The molecular formula is C23H24N6O2. The quantitative estimate of drug-likeness (QED) is 0.764. The minimum absolute atomic E-state index is 0.0160. The van der Waals surface area contributed by atoms with Crippen LogP contribution in [0.1, 0.15) is 44.5 Å². The molecule has 5 rings (SSSR count). The summed E-state index contributed by atoms with van der Waals surface area (Å²) in [6.07, 6.45) is 13.0. The van der Waals surface area contributed by atoms with Gasteiger partial charge in [0.2, 0.25) is 11.8 Å². The Kier molecular flexibility index (Phi) is 4.46. The topological polar surface area (TPSA) is 92.2 Å². The highest BCUT2D eigenvalue weighted by Crippen LogP contribution is 2.50. The van der Waals surface area contributed by atoms with Crippen LogP contribution in [0.3, 0.4) is 0 Å². The third kappa shape index (κ3) is 3.13. The lowest BCUT2D eigenvalue weighted by molar-refractivity contribution is -0.125. The lowest BCUT2D eigenvalue weighted by Gasteiger charge is -2.26. The Labute approximate surface area is 180 Å². The summed E-state index contributed by atoms with van der Waals surface area (Å²) in [5.74, 6) is 1.72. The number of amides is 2. The van der Waals surface area contributed by atoms with Gasteiger partial charge >= 0.3 is 0 Å². The maximum atomic E-state index is 13.5. The molecule has 3 aliphatic rings. The van der Waals surface area contributed by atoms with Gasteiger partial charge in [-0.25, -0.2) is 15.0 Å². The fraction of sp³-hybridized carbons (Fsp3) is 0.391. The fourth-order valence-corrected chi connectivity index (χ4v) is 4.58. The molecule has 2 amide bonds. The molecule has 2 aromatic rings. The van der Waals surface area contributed by atoms with Crippen molar-refractivity contribution in [1.29, 1.82) is 0 Å². The molecule has 31 heavy (non-hydrogen) atoms. The second-order valence-corrected chi connectivity index (χ2v) is 8.78. The Hall–Kier alpha value is -3.42. The van der Waals surface area contributed by atoms with Crippen LogP contribution in [0.4, 0.5) is 11.6 Å². The number of fused-ring (bicyclic) bond motifs is 1. The van der Waals surface area contributed by atoms with Gasteiger partial charge in [0.1, 0.15) is 5.82 Å². The van der Waals surface area contributed by atoms with Crippen LogP contribution in [-0.2, 0) is 9.59 Å². The van der Waals surface area contributed by atoms with E-state index in [1.54, 1.807) is 34.6 Å². The van der Waals surface area contributed by atoms with Gasteiger partial charge in [0, 0.05) is 42.5 Å². The van der Waals surface area contributed by atoms with E-state index in [-0.39, 0.29) is 17.7 Å². The molecule has 2 aliphatic heterocycles. The summed E-state index contributed by atoms with van der Waals surface area (Å²) in [5, 5.41) is 0. The number of hydrogen-bond donors (Lipinski definition) is 0. The molecule has 1 aliphatic carbocycles. The van der Waals surface area contributed by atoms with Crippen molar-refractivity contribution in [1.82, 2.24) is 19.9 Å². The molecule has 8 nitrogen and oxygen atoms in total. The summed E-state index contributed by atoms with van der Waals surface area (Å²) in [6.45, 7) is 6.43. The van der Waals surface area contributed by atoms with E-state index < -0.39 is 5.41 Å². The molecule has 2 aromatic heterocycles. The maximum Gasteiger partial charge on any atom is 0.238 e. The van der Waals surface area contributed by atoms with Crippen molar-refractivity contribution < 1.29 is 9.59 Å². The van der Waals surface area contributed by atoms with Crippen molar-refractivity contribution in [3.05, 3.63) is 54.0 Å². The Morgan fingerprint density at radius 1 is 1.06 bits per heavy atom. The summed E-state index contributed by atoms with van der Waals surface area (Å²) < 4.78 is 0. The van der Waals surface area contributed by atoms with Crippen LogP contribution < -0.4 is 9.80 Å². The summed E-state index contributed by atoms with van der Waals surface area (Å²) >= 11 is 0. The Balaban J connectivity index is 1.56. The van der Waals surface area contributed by atoms with Crippen LogP contribution in [0.15, 0.2) is 42.6 Å². The number of nitrogens with zero attached hydrogens (tertiary/aromatic N) is 6. The number of aromatic nitrogens is 4. The second-order valence-electron chi connectivity index (χ2n) is 8.78. The summed E-state index contributed by atoms with van der Waals surface area (Å²) in [6, 6.07) is 0. The van der Waals surface area contributed by atoms with Crippen LogP contribution in [0.25, 0.3) is 5.57 Å². The number of rotatable bonds is 3. The van der Waals surface area contributed by atoms with Gasteiger partial charge in [-0.1, -0.05) is 19.9 Å². The first kappa shape index (κ1) is 19.5. The summed E-state index contributed by atoms with van der Waals surface area (Å²) in [4.78, 5) is 46.5. The van der Waals surface area contributed by atoms with Gasteiger partial charge in [0.15, 0.2) is 11.6 Å². The van der Waals surface area contributed by atoms with Gasteiger partial charge in [0.25, 0.3) is 0 Å². The number of carbonyl (C=O) groups is 2. The van der Waals surface area contributed by atoms with Gasteiger partial charge < -0.3 is 0 Å². The Bertz CT molecular complexity index is 1140. The normalized spacial score (nSPS) is 22.5. The number of anilines is 2. The van der Waals surface area contributed by atoms with Crippen LogP contribution in [0.5, 0.6) is 0 Å². The van der Waals surface area contributed by atoms with Crippen LogP contribution in [0.2, 0.25) is 0 Å². The fourth-order valence-electron chi connectivity index (χ4n) is 4.58. The zero-order valence-electron chi connectivity index (χ0n) is 17.9. The van der Waals surface area contributed by atoms with E-state index in [1.807, 2.05) is 26.8 Å². The predicted octanol–water partition coefficient (Wildman–Crippen LogP) is 3.06. The minimum Gasteiger partial charge on any atom is -0.295 e. The molecule has 158 valence electrons. The van der Waals surface area contributed by atoms with Crippen LogP contribution >= 0.6 is 0 Å². The molecule has 0 aromatic carbocycles. The largest absolute Gasteiger partial charge is 0.295 e. The molecule has 1 atom stereocenters. The first-order chi connectivity index (χ1) is 14.9. The van der Waals surface area contributed by atoms with Gasteiger partial charge in [0.05, 0.1) is 17.8 Å². The summed E-state index contributed by atoms with van der Waals surface area (Å²) in [7, 11) is 0. The zero-order chi connectivity index (χ0) is 21.8. The molecule has 4 heterocycles. The molecular weight excluding hydrogens is 392 g/mol. The van der Waals surface area contributed by atoms with E-state index in [4.69, 9.17) is 0 Å². The number of hydrogen-bond acceptors (Lipinski definition) is 6. The van der Waals surface area contributed by atoms with Crippen LogP contribution in [0, 0.1) is 18.3 Å². The first-order valence-electron chi connectivity index (χ1n) is 10.5. The van der Waals surface area contributed by atoms with Crippen LogP contribution in [-0.4, -0.2) is 38.3 Å². The molecule has 0 N–H and O–H groups in total. The van der Waals surface area contributed by atoms with E-state index in [0.717, 1.165) is 29.7 Å². The molecule has 2 fully saturated rings. The van der Waals surface area contributed by atoms with E-state index in [0.29, 0.717) is 30.4 Å². The maximum absolute atomic E-state index is 13.5. The molecule has 0 radical (unpaired) electrons. The Morgan fingerprint density at radius 3 is 2.52 bits per heavy atom. The lowest BCUT2D eigenvalue weighted by atomic mass is 9.75. The molecule has 0 spiro atoms. The van der Waals surface area contributed by atoms with E-state index >= 15 is 0 Å². The lowest BCUT2D eigenvalue weighted by Crippen LogP contribution is -2.32. The molecule has 8 heteroatoms. The monoisotopic (exact) mass is 416 g/mol. The second kappa shape index (κ2) is 7.08. The third-order valence-electron chi connectivity index (χ3n) is 6.42. The Morgan fingerprint density at radius 2 is 1.81 bits per heavy atom. The molecule has 0 bridgehead atoms. The van der Waals surface area contributed by atoms with Crippen molar-refractivity contribution in [3.63, 3.8) is 0 Å². The molecule has 2 saturated heterocycles. The van der Waals surface area contributed by atoms with Gasteiger partial charge in [-0.05, 0) is 31.4 Å². The van der Waals surface area contributed by atoms with E-state index in [2.05, 4.69) is 26.0 Å². The average molecular weight is 416 g/mol. The number of aryl methyl sites for hydroxylation is 1. The van der Waals surface area contributed by atoms with Crippen molar-refractivity contribution in [2.24, 2.45) is 11.3 Å². The standard InChI is InChI=1S/C23H24N6O2/c1-14-25-10-16(11-26-14)15-6-7-17-18(9-15)29(22(31)23(17,2)3)20-13-24-12-19(27-20)28-8-4-5-21(28)30/h6,9-13,17H,4-5,7-8H2,1-3H3. The highest BCUT2D eigenvalue weighted by molar-refractivity contribution is 6.04.